The maximum absolute atomic E-state index is 13.2. The number of benzene rings is 1. The average Bonchev–Trinajstić information content (AvgIpc) is 3.31. The molecule has 0 atom stereocenters. The van der Waals surface area contributed by atoms with Gasteiger partial charge in [0, 0.05) is 23.0 Å². The number of amides is 1. The Morgan fingerprint density at radius 3 is 2.33 bits per heavy atom. The zero-order chi connectivity index (χ0) is 19.2. The minimum Gasteiger partial charge on any atom is -0.348 e. The van der Waals surface area contributed by atoms with Crippen LogP contribution in [0.2, 0.25) is 0 Å². The monoisotopic (exact) mass is 366 g/mol. The number of nitrogens with zero attached hydrogens (tertiary/aromatic N) is 2. The van der Waals surface area contributed by atoms with Gasteiger partial charge in [-0.1, -0.05) is 18.2 Å². The van der Waals surface area contributed by atoms with E-state index in [1.54, 1.807) is 4.68 Å². The van der Waals surface area contributed by atoms with Crippen molar-refractivity contribution in [3.63, 3.8) is 0 Å². The van der Waals surface area contributed by atoms with E-state index in [0.29, 0.717) is 11.6 Å². The molecule has 1 saturated heterocycles. The Morgan fingerprint density at radius 2 is 1.74 bits per heavy atom. The van der Waals surface area contributed by atoms with Gasteiger partial charge in [0.2, 0.25) is 0 Å². The van der Waals surface area contributed by atoms with Crippen molar-refractivity contribution >= 4 is 5.91 Å². The summed E-state index contributed by atoms with van der Waals surface area (Å²) < 4.78 is 1.81. The van der Waals surface area contributed by atoms with Gasteiger partial charge >= 0.3 is 0 Å². The Morgan fingerprint density at radius 1 is 1.11 bits per heavy atom. The topological polar surface area (TPSA) is 59.0 Å². The van der Waals surface area contributed by atoms with Crippen molar-refractivity contribution in [2.75, 3.05) is 0 Å². The number of piperidine rings is 1. The Balaban J connectivity index is 1.60. The van der Waals surface area contributed by atoms with E-state index in [1.807, 2.05) is 36.4 Å². The van der Waals surface area contributed by atoms with E-state index in [9.17, 15) is 4.79 Å². The minimum atomic E-state index is -0.0308. The van der Waals surface area contributed by atoms with E-state index >= 15 is 0 Å². The third-order valence-electron chi connectivity index (χ3n) is 5.48. The van der Waals surface area contributed by atoms with Crippen molar-refractivity contribution in [2.24, 2.45) is 0 Å². The van der Waals surface area contributed by atoms with Gasteiger partial charge in [0.15, 0.2) is 0 Å². The van der Waals surface area contributed by atoms with Crippen LogP contribution in [-0.4, -0.2) is 32.8 Å². The summed E-state index contributed by atoms with van der Waals surface area (Å²) >= 11 is 0. The zero-order valence-corrected chi connectivity index (χ0v) is 16.7. The molecule has 1 aliphatic carbocycles. The summed E-state index contributed by atoms with van der Waals surface area (Å²) in [5.74, 6) is 0.481. The fourth-order valence-electron chi connectivity index (χ4n) is 4.59. The van der Waals surface area contributed by atoms with Crippen LogP contribution in [0.5, 0.6) is 0 Å². The molecule has 2 heterocycles. The second kappa shape index (κ2) is 6.48. The number of carbonyl (C=O) groups is 1. The highest BCUT2D eigenvalue weighted by atomic mass is 16.2. The van der Waals surface area contributed by atoms with Crippen molar-refractivity contribution in [3.05, 3.63) is 47.8 Å². The molecule has 0 radical (unpaired) electrons. The molecule has 1 aromatic heterocycles. The van der Waals surface area contributed by atoms with Gasteiger partial charge in [0.05, 0.1) is 11.4 Å². The minimum absolute atomic E-state index is 0.00144. The normalized spacial score (nSPS) is 21.8. The van der Waals surface area contributed by atoms with Crippen LogP contribution in [-0.2, 0) is 0 Å². The molecule has 0 bridgehead atoms. The largest absolute Gasteiger partial charge is 0.348 e. The van der Waals surface area contributed by atoms with Gasteiger partial charge in [-0.3, -0.25) is 4.79 Å². The highest BCUT2D eigenvalue weighted by Gasteiger charge is 2.38. The predicted molar refractivity (Wildman–Crippen MR) is 107 cm³/mol. The van der Waals surface area contributed by atoms with Crippen molar-refractivity contribution in [3.8, 4) is 5.69 Å². The van der Waals surface area contributed by atoms with Crippen LogP contribution in [0, 0.1) is 0 Å². The molecule has 2 aromatic rings. The summed E-state index contributed by atoms with van der Waals surface area (Å²) in [6, 6.07) is 12.1. The van der Waals surface area contributed by atoms with Crippen molar-refractivity contribution < 1.29 is 4.79 Å². The SMILES string of the molecule is CC1(C)CC(NC(=O)c2cc(C3CC3)nn2-c2ccccc2)CC(C)(C)N1. The number of aromatic nitrogens is 2. The van der Waals surface area contributed by atoms with Gasteiger partial charge in [0.1, 0.15) is 5.69 Å². The van der Waals surface area contributed by atoms with E-state index in [0.717, 1.165) is 24.2 Å². The van der Waals surface area contributed by atoms with Crippen LogP contribution in [0.1, 0.15) is 75.5 Å². The molecule has 27 heavy (non-hydrogen) atoms. The summed E-state index contributed by atoms with van der Waals surface area (Å²) in [6.45, 7) is 8.80. The molecule has 2 fully saturated rings. The lowest BCUT2D eigenvalue weighted by Crippen LogP contribution is -2.62. The van der Waals surface area contributed by atoms with Crippen molar-refractivity contribution in [2.45, 2.75) is 76.4 Å². The second-order valence-electron chi connectivity index (χ2n) is 9.45. The molecule has 144 valence electrons. The summed E-state index contributed by atoms with van der Waals surface area (Å²) in [4.78, 5) is 13.2. The molecule has 1 amide bonds. The summed E-state index contributed by atoms with van der Waals surface area (Å²) in [5.41, 5.74) is 2.60. The molecule has 0 spiro atoms. The van der Waals surface area contributed by atoms with Crippen LogP contribution >= 0.6 is 0 Å². The van der Waals surface area contributed by atoms with E-state index in [1.165, 1.54) is 12.8 Å². The highest BCUT2D eigenvalue weighted by molar-refractivity contribution is 5.93. The van der Waals surface area contributed by atoms with E-state index < -0.39 is 0 Å². The molecule has 1 aliphatic heterocycles. The van der Waals surface area contributed by atoms with Crippen LogP contribution in [0.3, 0.4) is 0 Å². The van der Waals surface area contributed by atoms with E-state index in [-0.39, 0.29) is 23.0 Å². The number of para-hydroxylation sites is 1. The Kier molecular flexibility index (Phi) is 4.38. The molecule has 4 rings (SSSR count). The van der Waals surface area contributed by atoms with Crippen molar-refractivity contribution in [1.82, 2.24) is 20.4 Å². The zero-order valence-electron chi connectivity index (χ0n) is 16.7. The van der Waals surface area contributed by atoms with E-state index in [2.05, 4.69) is 38.3 Å². The maximum atomic E-state index is 13.2. The summed E-state index contributed by atoms with van der Waals surface area (Å²) in [7, 11) is 0. The lowest BCUT2D eigenvalue weighted by atomic mass is 9.79. The van der Waals surface area contributed by atoms with Crippen LogP contribution in [0.15, 0.2) is 36.4 Å². The fourth-order valence-corrected chi connectivity index (χ4v) is 4.59. The van der Waals surface area contributed by atoms with Gasteiger partial charge in [-0.15, -0.1) is 0 Å². The lowest BCUT2D eigenvalue weighted by molar-refractivity contribution is 0.0865. The molecule has 1 saturated carbocycles. The first-order valence-corrected chi connectivity index (χ1v) is 9.98. The maximum Gasteiger partial charge on any atom is 0.270 e. The molecule has 0 unspecified atom stereocenters. The number of nitrogens with one attached hydrogen (secondary N) is 2. The number of hydrogen-bond donors (Lipinski definition) is 2. The molecule has 1 aromatic carbocycles. The van der Waals surface area contributed by atoms with Crippen LogP contribution in [0.25, 0.3) is 5.69 Å². The molecule has 2 N–H and O–H groups in total. The molecule has 5 nitrogen and oxygen atoms in total. The molecular formula is C22H30N4O. The number of hydrogen-bond acceptors (Lipinski definition) is 3. The number of rotatable bonds is 4. The first-order chi connectivity index (χ1) is 12.7. The van der Waals surface area contributed by atoms with Crippen LogP contribution < -0.4 is 10.6 Å². The first-order valence-electron chi connectivity index (χ1n) is 9.98. The second-order valence-corrected chi connectivity index (χ2v) is 9.45. The molecule has 2 aliphatic rings. The van der Waals surface area contributed by atoms with Crippen molar-refractivity contribution in [1.29, 1.82) is 0 Å². The quantitative estimate of drug-likeness (QED) is 0.865. The predicted octanol–water partition coefficient (Wildman–Crippen LogP) is 3.79. The van der Waals surface area contributed by atoms with Gasteiger partial charge in [-0.25, -0.2) is 4.68 Å². The smallest absolute Gasteiger partial charge is 0.270 e. The third kappa shape index (κ3) is 4.08. The highest BCUT2D eigenvalue weighted by Crippen LogP contribution is 2.39. The Labute approximate surface area is 161 Å². The Hall–Kier alpha value is -2.14. The first kappa shape index (κ1) is 18.2. The number of carbonyl (C=O) groups excluding carboxylic acids is 1. The van der Waals surface area contributed by atoms with E-state index in [4.69, 9.17) is 5.10 Å². The third-order valence-corrected chi connectivity index (χ3v) is 5.48. The fraction of sp³-hybridized carbons (Fsp3) is 0.545. The molecular weight excluding hydrogens is 336 g/mol. The lowest BCUT2D eigenvalue weighted by Gasteiger charge is -2.46. The van der Waals surface area contributed by atoms with Gasteiger partial charge in [0.25, 0.3) is 5.91 Å². The molecule has 5 heteroatoms. The Bertz CT molecular complexity index is 817. The summed E-state index contributed by atoms with van der Waals surface area (Å²) in [5, 5.41) is 11.7. The van der Waals surface area contributed by atoms with Gasteiger partial charge in [-0.05, 0) is 71.6 Å². The average molecular weight is 367 g/mol. The van der Waals surface area contributed by atoms with Gasteiger partial charge in [-0.2, -0.15) is 5.10 Å². The van der Waals surface area contributed by atoms with Crippen LogP contribution in [0.4, 0.5) is 0 Å². The summed E-state index contributed by atoms with van der Waals surface area (Å²) in [6.07, 6.45) is 4.17. The van der Waals surface area contributed by atoms with Gasteiger partial charge < -0.3 is 10.6 Å². The standard InChI is InChI=1S/C22H30N4O/c1-21(2)13-16(14-22(3,4)25-21)23-20(27)19-12-18(15-10-11-15)24-26(19)17-8-6-5-7-9-17/h5-9,12,15-16,25H,10-11,13-14H2,1-4H3,(H,23,27).